The van der Waals surface area contributed by atoms with Gasteiger partial charge in [0.05, 0.1) is 6.20 Å². The summed E-state index contributed by atoms with van der Waals surface area (Å²) in [5.74, 6) is -0.503. The van der Waals surface area contributed by atoms with Crippen molar-refractivity contribution < 1.29 is 24.2 Å². The van der Waals surface area contributed by atoms with Crippen LogP contribution < -0.4 is 20.5 Å². The van der Waals surface area contributed by atoms with Crippen LogP contribution in [0, 0.1) is 0 Å². The Morgan fingerprint density at radius 2 is 1.47 bits per heavy atom. The molecule has 8 heteroatoms. The molecule has 1 aromatic heterocycles. The first-order valence-electron chi connectivity index (χ1n) is 9.03. The van der Waals surface area contributed by atoms with E-state index in [4.69, 9.17) is 9.47 Å². The van der Waals surface area contributed by atoms with Crippen LogP contribution in [0.1, 0.15) is 21.6 Å². The van der Waals surface area contributed by atoms with E-state index in [1.807, 2.05) is 60.7 Å². The molecule has 0 saturated carbocycles. The van der Waals surface area contributed by atoms with Gasteiger partial charge in [0.1, 0.15) is 19.0 Å². The highest BCUT2D eigenvalue weighted by molar-refractivity contribution is 5.88. The number of nitrogens with one attached hydrogen (secondary N) is 1. The maximum absolute atomic E-state index is 11.3. The zero-order valence-corrected chi connectivity index (χ0v) is 16.4. The lowest BCUT2D eigenvalue weighted by Crippen LogP contribution is -2.24. The molecule has 4 N–H and O–H groups in total. The summed E-state index contributed by atoms with van der Waals surface area (Å²) in [7, 11) is 1.47. The molecule has 0 saturated heterocycles. The number of carboxylic acids is 1. The Hall–Kier alpha value is -4.07. The largest absolute Gasteiger partial charge is 0.487 e. The first-order chi connectivity index (χ1) is 14.5. The average Bonchev–Trinajstić information content (AvgIpc) is 2.78. The number of rotatable bonds is 7. The molecular weight excluding hydrogens is 386 g/mol. The second-order valence-corrected chi connectivity index (χ2v) is 5.99. The lowest BCUT2D eigenvalue weighted by molar-refractivity contribution is 0.0684. The Bertz CT molecular complexity index is 950. The van der Waals surface area contributed by atoms with Gasteiger partial charge in [-0.2, -0.15) is 0 Å². The number of urea groups is 1. The van der Waals surface area contributed by atoms with E-state index in [1.54, 1.807) is 6.07 Å². The number of ether oxygens (including phenoxy) is 2. The summed E-state index contributed by atoms with van der Waals surface area (Å²) in [6.45, 7) is 0.623. The zero-order valence-electron chi connectivity index (χ0n) is 16.4. The quantitative estimate of drug-likeness (QED) is 0.550. The molecule has 1 heterocycles. The van der Waals surface area contributed by atoms with Crippen LogP contribution in [0.4, 0.5) is 4.79 Å². The van der Waals surface area contributed by atoms with Gasteiger partial charge < -0.3 is 25.6 Å². The first-order valence-corrected chi connectivity index (χ1v) is 9.03. The monoisotopic (exact) mass is 409 g/mol. The summed E-state index contributed by atoms with van der Waals surface area (Å²) in [5, 5.41) is 11.4. The molecule has 0 fully saturated rings. The van der Waals surface area contributed by atoms with E-state index in [-0.39, 0.29) is 18.1 Å². The van der Waals surface area contributed by atoms with Gasteiger partial charge in [0.2, 0.25) is 0 Å². The first kappa shape index (κ1) is 22.2. The molecule has 30 heavy (non-hydrogen) atoms. The van der Waals surface area contributed by atoms with Crippen molar-refractivity contribution in [1.29, 1.82) is 0 Å². The van der Waals surface area contributed by atoms with Gasteiger partial charge in [0.25, 0.3) is 0 Å². The van der Waals surface area contributed by atoms with Crippen molar-refractivity contribution in [3.05, 3.63) is 89.7 Å². The lowest BCUT2D eigenvalue weighted by Gasteiger charge is -2.11. The third-order valence-corrected chi connectivity index (χ3v) is 3.76. The average molecular weight is 409 g/mol. The van der Waals surface area contributed by atoms with Gasteiger partial charge in [-0.25, -0.2) is 14.6 Å². The molecule has 8 nitrogen and oxygen atoms in total. The number of hydrogen-bond donors (Lipinski definition) is 3. The van der Waals surface area contributed by atoms with Crippen molar-refractivity contribution in [2.24, 2.45) is 5.73 Å². The lowest BCUT2D eigenvalue weighted by atomic mass is 10.2. The molecule has 0 unspecified atom stereocenters. The molecule has 0 aliphatic rings. The van der Waals surface area contributed by atoms with Crippen molar-refractivity contribution in [1.82, 2.24) is 10.3 Å². The fourth-order valence-corrected chi connectivity index (χ4v) is 2.25. The summed E-state index contributed by atoms with van der Waals surface area (Å²) in [4.78, 5) is 24.8. The van der Waals surface area contributed by atoms with E-state index >= 15 is 0 Å². The number of nitrogens with zero attached hydrogens (tertiary/aromatic N) is 1. The third-order valence-electron chi connectivity index (χ3n) is 3.76. The molecule has 0 atom stereocenters. The number of nitrogens with two attached hydrogens (primary N) is 1. The Morgan fingerprint density at radius 1 is 0.967 bits per heavy atom. The molecule has 3 aromatic rings. The summed E-state index contributed by atoms with van der Waals surface area (Å²) >= 11 is 0. The Labute approximate surface area is 174 Å². The van der Waals surface area contributed by atoms with Crippen LogP contribution in [0.2, 0.25) is 0 Å². The minimum Gasteiger partial charge on any atom is -0.487 e. The SMILES string of the molecule is CNC(N)=O.O=C(O)c1ncc(OCc2ccccc2)cc1OCc1ccccc1. The maximum Gasteiger partial charge on any atom is 0.358 e. The number of pyridine rings is 1. The highest BCUT2D eigenvalue weighted by Crippen LogP contribution is 2.24. The number of amides is 2. The molecule has 0 spiro atoms. The number of carboxylic acid groups (broad SMARTS) is 1. The van der Waals surface area contributed by atoms with Crippen molar-refractivity contribution >= 4 is 12.0 Å². The zero-order chi connectivity index (χ0) is 21.8. The van der Waals surface area contributed by atoms with E-state index in [1.165, 1.54) is 13.2 Å². The van der Waals surface area contributed by atoms with Gasteiger partial charge in [-0.05, 0) is 11.1 Å². The van der Waals surface area contributed by atoms with Gasteiger partial charge in [-0.15, -0.1) is 0 Å². The molecule has 2 amide bonds. The Balaban J connectivity index is 0.000000575. The fraction of sp³-hybridized carbons (Fsp3) is 0.136. The molecule has 156 valence electrons. The number of aromatic carboxylic acids is 1. The normalized spacial score (nSPS) is 9.63. The standard InChI is InChI=1S/C20H17NO4.C2H6N2O/c22-20(23)19-18(25-14-16-9-5-2-6-10-16)11-17(12-21-19)24-13-15-7-3-1-4-8-15;1-4-2(3)5/h1-12H,13-14H2,(H,22,23);1H3,(H3,3,4,5). The van der Waals surface area contributed by atoms with Gasteiger partial charge in [-0.3, -0.25) is 0 Å². The predicted molar refractivity (Wildman–Crippen MR) is 111 cm³/mol. The number of aromatic nitrogens is 1. The molecule has 0 radical (unpaired) electrons. The topological polar surface area (TPSA) is 124 Å². The number of carbonyl (C=O) groups is 2. The van der Waals surface area contributed by atoms with Gasteiger partial charge in [0.15, 0.2) is 11.4 Å². The number of hydrogen-bond acceptors (Lipinski definition) is 5. The Kier molecular flexibility index (Phi) is 8.67. The van der Waals surface area contributed by atoms with E-state index in [0.29, 0.717) is 12.4 Å². The predicted octanol–water partition coefficient (Wildman–Crippen LogP) is 3.22. The van der Waals surface area contributed by atoms with Crippen molar-refractivity contribution in [3.8, 4) is 11.5 Å². The van der Waals surface area contributed by atoms with E-state index < -0.39 is 12.0 Å². The molecule has 3 rings (SSSR count). The minimum atomic E-state index is -1.14. The minimum absolute atomic E-state index is 0.136. The Morgan fingerprint density at radius 3 is 1.93 bits per heavy atom. The molecule has 2 aromatic carbocycles. The van der Waals surface area contributed by atoms with Crippen LogP contribution in [0.5, 0.6) is 11.5 Å². The second kappa shape index (κ2) is 11.7. The van der Waals surface area contributed by atoms with E-state index in [2.05, 4.69) is 16.0 Å². The van der Waals surface area contributed by atoms with Gasteiger partial charge >= 0.3 is 12.0 Å². The fourth-order valence-electron chi connectivity index (χ4n) is 2.25. The molecular formula is C22H23N3O5. The van der Waals surface area contributed by atoms with Gasteiger partial charge in [-0.1, -0.05) is 60.7 Å². The molecule has 0 aliphatic carbocycles. The highest BCUT2D eigenvalue weighted by Gasteiger charge is 2.15. The van der Waals surface area contributed by atoms with Crippen molar-refractivity contribution in [2.75, 3.05) is 7.05 Å². The summed E-state index contributed by atoms with van der Waals surface area (Å²) in [5.41, 5.74) is 6.36. The van der Waals surface area contributed by atoms with Crippen LogP contribution >= 0.6 is 0 Å². The number of benzene rings is 2. The number of carbonyl (C=O) groups excluding carboxylic acids is 1. The summed E-state index contributed by atoms with van der Waals surface area (Å²) in [6.07, 6.45) is 1.39. The maximum atomic E-state index is 11.3. The second-order valence-electron chi connectivity index (χ2n) is 5.99. The van der Waals surface area contributed by atoms with Crippen LogP contribution in [-0.2, 0) is 13.2 Å². The summed E-state index contributed by atoms with van der Waals surface area (Å²) < 4.78 is 11.3. The van der Waals surface area contributed by atoms with E-state index in [0.717, 1.165) is 11.1 Å². The highest BCUT2D eigenvalue weighted by atomic mass is 16.5. The van der Waals surface area contributed by atoms with Crippen LogP contribution in [-0.4, -0.2) is 29.1 Å². The molecule has 0 bridgehead atoms. The van der Waals surface area contributed by atoms with Crippen molar-refractivity contribution in [3.63, 3.8) is 0 Å². The van der Waals surface area contributed by atoms with Crippen LogP contribution in [0.15, 0.2) is 72.9 Å². The van der Waals surface area contributed by atoms with Crippen LogP contribution in [0.25, 0.3) is 0 Å². The number of primary amides is 1. The van der Waals surface area contributed by atoms with Crippen LogP contribution in [0.3, 0.4) is 0 Å². The molecule has 0 aliphatic heterocycles. The smallest absolute Gasteiger partial charge is 0.358 e. The third kappa shape index (κ3) is 7.51. The van der Waals surface area contributed by atoms with Gasteiger partial charge in [0, 0.05) is 13.1 Å². The van der Waals surface area contributed by atoms with E-state index in [9.17, 15) is 14.7 Å². The summed E-state index contributed by atoms with van der Waals surface area (Å²) in [6, 6.07) is 20.3. The van der Waals surface area contributed by atoms with Crippen molar-refractivity contribution in [2.45, 2.75) is 13.2 Å².